The largest absolute Gasteiger partial charge is 0.416 e. The highest BCUT2D eigenvalue weighted by atomic mass is 35.5. The van der Waals surface area contributed by atoms with Crippen molar-refractivity contribution in [1.82, 2.24) is 15.0 Å². The van der Waals surface area contributed by atoms with E-state index < -0.39 is 45.2 Å². The SMILES string of the molecule is CNC(=O)c1ccc(-c2cc(C(F)(F)F)cc(S(=O)(=O)N[C@@H](CO)Cc3c[nH]c4ccccc34)c2)cc1Cl. The zero-order valence-corrected chi connectivity index (χ0v) is 21.5. The Morgan fingerprint density at radius 3 is 2.47 bits per heavy atom. The zero-order chi connectivity index (χ0) is 27.7. The summed E-state index contributed by atoms with van der Waals surface area (Å²) in [5.41, 5.74) is 0.607. The second-order valence-electron chi connectivity index (χ2n) is 8.58. The van der Waals surface area contributed by atoms with Gasteiger partial charge in [-0.3, -0.25) is 4.79 Å². The molecule has 0 fully saturated rings. The minimum atomic E-state index is -4.84. The third-order valence-electron chi connectivity index (χ3n) is 6.00. The fourth-order valence-corrected chi connectivity index (χ4v) is 5.66. The highest BCUT2D eigenvalue weighted by molar-refractivity contribution is 7.89. The first-order valence-corrected chi connectivity index (χ1v) is 13.2. The number of sulfonamides is 1. The van der Waals surface area contributed by atoms with Crippen molar-refractivity contribution in [3.05, 3.63) is 88.6 Å². The molecule has 12 heteroatoms. The molecule has 1 aromatic heterocycles. The van der Waals surface area contributed by atoms with E-state index in [-0.39, 0.29) is 28.1 Å². The monoisotopic (exact) mass is 565 g/mol. The van der Waals surface area contributed by atoms with Crippen LogP contribution in [0.1, 0.15) is 21.5 Å². The minimum Gasteiger partial charge on any atom is -0.395 e. The van der Waals surface area contributed by atoms with Crippen LogP contribution in [0.25, 0.3) is 22.0 Å². The number of halogens is 4. The highest BCUT2D eigenvalue weighted by Gasteiger charge is 2.33. The molecule has 0 saturated carbocycles. The number of amides is 1. The van der Waals surface area contributed by atoms with Crippen molar-refractivity contribution < 1.29 is 31.5 Å². The molecular formula is C26H23ClF3N3O4S. The van der Waals surface area contributed by atoms with Gasteiger partial charge in [-0.1, -0.05) is 35.9 Å². The Labute approximate surface area is 221 Å². The van der Waals surface area contributed by atoms with Crippen LogP contribution in [0.15, 0.2) is 71.8 Å². The quantitative estimate of drug-likeness (QED) is 0.247. The lowest BCUT2D eigenvalue weighted by Gasteiger charge is -2.18. The number of carbonyl (C=O) groups is 1. The third-order valence-corrected chi connectivity index (χ3v) is 7.81. The van der Waals surface area contributed by atoms with Gasteiger partial charge in [0.2, 0.25) is 10.0 Å². The molecular weight excluding hydrogens is 543 g/mol. The standard InChI is InChI=1S/C26H23ClF3N3O4S/c1-31-25(35)22-7-6-15(11-23(22)27)16-8-18(26(28,29)30)12-20(10-16)38(36,37)33-19(14-34)9-17-13-32-24-5-3-2-4-21(17)24/h2-8,10-13,19,32-34H,9,14H2,1H3,(H,31,35)/t19-/m1/s1. The van der Waals surface area contributed by atoms with Crippen LogP contribution in [-0.4, -0.2) is 44.1 Å². The van der Waals surface area contributed by atoms with Crippen molar-refractivity contribution in [2.45, 2.75) is 23.5 Å². The van der Waals surface area contributed by atoms with E-state index in [1.54, 1.807) is 6.20 Å². The average molecular weight is 566 g/mol. The van der Waals surface area contributed by atoms with Crippen LogP contribution in [0.2, 0.25) is 5.02 Å². The molecule has 0 spiro atoms. The van der Waals surface area contributed by atoms with E-state index in [1.807, 2.05) is 24.3 Å². The van der Waals surface area contributed by atoms with Gasteiger partial charge in [-0.2, -0.15) is 13.2 Å². The van der Waals surface area contributed by atoms with Gasteiger partial charge in [0.15, 0.2) is 0 Å². The van der Waals surface area contributed by atoms with E-state index in [9.17, 15) is 31.5 Å². The molecule has 0 saturated heterocycles. The second-order valence-corrected chi connectivity index (χ2v) is 10.7. The van der Waals surface area contributed by atoms with Crippen LogP contribution < -0.4 is 10.0 Å². The lowest BCUT2D eigenvalue weighted by atomic mass is 10.0. The maximum absolute atomic E-state index is 13.7. The number of aliphatic hydroxyl groups excluding tert-OH is 1. The van der Waals surface area contributed by atoms with Gasteiger partial charge in [-0.05, 0) is 59.5 Å². The molecule has 1 atom stereocenters. The molecule has 0 aliphatic heterocycles. The number of rotatable bonds is 8. The van der Waals surface area contributed by atoms with Gasteiger partial charge in [0.05, 0.1) is 27.7 Å². The molecule has 7 nitrogen and oxygen atoms in total. The van der Waals surface area contributed by atoms with Gasteiger partial charge in [-0.15, -0.1) is 0 Å². The summed E-state index contributed by atoms with van der Waals surface area (Å²) in [5, 5.41) is 13.1. The number of aromatic nitrogens is 1. The predicted octanol–water partition coefficient (Wildman–Crippen LogP) is 4.75. The Balaban J connectivity index is 1.70. The van der Waals surface area contributed by atoms with Gasteiger partial charge < -0.3 is 15.4 Å². The molecule has 0 bridgehead atoms. The number of para-hydroxylation sites is 1. The molecule has 0 aliphatic carbocycles. The van der Waals surface area contributed by atoms with Crippen LogP contribution in [0.3, 0.4) is 0 Å². The maximum atomic E-state index is 13.7. The van der Waals surface area contributed by atoms with Crippen molar-refractivity contribution in [1.29, 1.82) is 0 Å². The van der Waals surface area contributed by atoms with Gasteiger partial charge in [0, 0.05) is 30.2 Å². The summed E-state index contributed by atoms with van der Waals surface area (Å²) in [5.74, 6) is -0.483. The summed E-state index contributed by atoms with van der Waals surface area (Å²) < 4.78 is 70.0. The van der Waals surface area contributed by atoms with Crippen molar-refractivity contribution >= 4 is 38.4 Å². The number of hydrogen-bond acceptors (Lipinski definition) is 4. The molecule has 200 valence electrons. The van der Waals surface area contributed by atoms with Crippen molar-refractivity contribution in [2.24, 2.45) is 0 Å². The Morgan fingerprint density at radius 1 is 1.08 bits per heavy atom. The average Bonchev–Trinajstić information content (AvgIpc) is 3.29. The second kappa shape index (κ2) is 10.8. The number of carbonyl (C=O) groups excluding carboxylic acids is 1. The van der Waals surface area contributed by atoms with Gasteiger partial charge in [-0.25, -0.2) is 13.1 Å². The fourth-order valence-electron chi connectivity index (χ4n) is 4.09. The zero-order valence-electron chi connectivity index (χ0n) is 19.9. The third kappa shape index (κ3) is 5.86. The number of alkyl halides is 3. The van der Waals surface area contributed by atoms with E-state index in [0.717, 1.165) is 28.6 Å². The van der Waals surface area contributed by atoms with Crippen LogP contribution in [0, 0.1) is 0 Å². The lowest BCUT2D eigenvalue weighted by molar-refractivity contribution is -0.137. The molecule has 3 aromatic carbocycles. The van der Waals surface area contributed by atoms with Crippen molar-refractivity contribution in [3.8, 4) is 11.1 Å². The molecule has 38 heavy (non-hydrogen) atoms. The van der Waals surface area contributed by atoms with E-state index >= 15 is 0 Å². The molecule has 4 rings (SSSR count). The molecule has 1 amide bonds. The summed E-state index contributed by atoms with van der Waals surface area (Å²) >= 11 is 6.17. The van der Waals surface area contributed by atoms with E-state index in [1.165, 1.54) is 25.2 Å². The number of fused-ring (bicyclic) bond motifs is 1. The first-order chi connectivity index (χ1) is 17.9. The van der Waals surface area contributed by atoms with Gasteiger partial charge in [0.25, 0.3) is 5.91 Å². The van der Waals surface area contributed by atoms with Crippen molar-refractivity contribution in [2.75, 3.05) is 13.7 Å². The van der Waals surface area contributed by atoms with E-state index in [4.69, 9.17) is 11.6 Å². The Bertz CT molecular complexity index is 1600. The normalized spacial score (nSPS) is 13.0. The van der Waals surface area contributed by atoms with Gasteiger partial charge in [0.1, 0.15) is 0 Å². The molecule has 0 unspecified atom stereocenters. The maximum Gasteiger partial charge on any atom is 0.416 e. The summed E-state index contributed by atoms with van der Waals surface area (Å²) in [7, 11) is -3.09. The van der Waals surface area contributed by atoms with Crippen LogP contribution in [0.4, 0.5) is 13.2 Å². The summed E-state index contributed by atoms with van der Waals surface area (Å²) in [6.07, 6.45) is -3.05. The molecule has 1 heterocycles. The molecule has 0 aliphatic rings. The Hall–Kier alpha value is -3.38. The number of aliphatic hydroxyl groups is 1. The predicted molar refractivity (Wildman–Crippen MR) is 138 cm³/mol. The van der Waals surface area contributed by atoms with E-state index in [2.05, 4.69) is 15.0 Å². The van der Waals surface area contributed by atoms with Gasteiger partial charge >= 0.3 is 6.18 Å². The van der Waals surface area contributed by atoms with Crippen molar-refractivity contribution in [3.63, 3.8) is 0 Å². The fraction of sp³-hybridized carbons (Fsp3) is 0.192. The van der Waals surface area contributed by atoms with E-state index in [0.29, 0.717) is 6.07 Å². The minimum absolute atomic E-state index is 0.0131. The Morgan fingerprint density at radius 2 is 1.82 bits per heavy atom. The smallest absolute Gasteiger partial charge is 0.395 e. The number of nitrogens with one attached hydrogen (secondary N) is 3. The number of H-pyrrole nitrogens is 1. The summed E-state index contributed by atoms with van der Waals surface area (Å²) in [6.45, 7) is -0.582. The van der Waals surface area contributed by atoms with Crippen LogP contribution >= 0.6 is 11.6 Å². The number of benzene rings is 3. The molecule has 4 aromatic rings. The lowest BCUT2D eigenvalue weighted by Crippen LogP contribution is -2.39. The van der Waals surface area contributed by atoms with Crippen LogP contribution in [0.5, 0.6) is 0 Å². The first kappa shape index (κ1) is 27.6. The van der Waals surface area contributed by atoms with Crippen LogP contribution in [-0.2, 0) is 22.6 Å². The number of aromatic amines is 1. The molecule has 4 N–H and O–H groups in total. The topological polar surface area (TPSA) is 111 Å². The Kier molecular flexibility index (Phi) is 7.84. The highest BCUT2D eigenvalue weighted by Crippen LogP contribution is 2.36. The molecule has 0 radical (unpaired) electrons. The number of hydrogen-bond donors (Lipinski definition) is 4. The summed E-state index contributed by atoms with van der Waals surface area (Å²) in [4.78, 5) is 14.3. The first-order valence-electron chi connectivity index (χ1n) is 11.4. The summed E-state index contributed by atoms with van der Waals surface area (Å²) in [6, 6.07) is 12.8.